The molecule has 113 heavy (non-hydrogen) atoms. The Balaban J connectivity index is 0.000000198. The van der Waals surface area contributed by atoms with Gasteiger partial charge in [-0.15, -0.1) is 29.3 Å². The van der Waals surface area contributed by atoms with Crippen LogP contribution in [-0.4, -0.2) is 172 Å². The third-order valence-electron chi connectivity index (χ3n) is 24.1. The molecule has 4 aromatic heterocycles. The summed E-state index contributed by atoms with van der Waals surface area (Å²) in [6.07, 6.45) is 3.77. The number of nitrogens with one attached hydrogen (secondary N) is 2. The standard InChI is InChI=1S/C42H54ClN5O9S2.C40H49ClN4O7S2/c1-10-23-17-42(23,39(51)46-59(53,54)24-11-12-24)18-30(49)28-16-33(29-19-47(40(52)57-41(6,7)8)36(22(4)5)38(50)48(28)29)56-32-15-26(37-45-27(20-58-37)21(2)3)44-35-25(32)13-14-31(55-9)34(35)43;1-9-22-18-40(22,37(48)44-54(49,50)39(7)14-15-39)19-29(46)28-17-32(27-12-11-24(38(4,5)6)36(47)45(27)28)52-31-16-25(26-20-53-35(43-26)21(2)3)42-34-23(31)10-13-30(51-8)33(34)41/h13-15,20-24,28-29,33,36H,10-12,16-19H2,1-9H3,(H,46,51);9-10,13,16,20-22,24,27-28,32H,1,11-12,14-15,17-19H2,2-8H3,(H,44,48)/t23-,28+,29-,33-,36-,42-;22-,24+,27-,28+,32-,40-/m11/s1. The molecular formula is C82H103Cl2N9O16S4. The Morgan fingerprint density at radius 3 is 1.73 bits per heavy atom. The summed E-state index contributed by atoms with van der Waals surface area (Å²) >= 11 is 16.7. The molecule has 0 radical (unpaired) electrons. The summed E-state index contributed by atoms with van der Waals surface area (Å²) in [5.74, 6) is -1.61. The van der Waals surface area contributed by atoms with Crippen molar-refractivity contribution >= 4 is 129 Å². The largest absolute Gasteiger partial charge is 0.495 e. The number of aromatic nitrogens is 4. The van der Waals surface area contributed by atoms with E-state index in [0.29, 0.717) is 130 Å². The SMILES string of the molecule is C=C[C@@H]1C[C@]1(CC(=O)[C@@H]1C[C@@H](Oc2cc(-c3csc(C(C)C)n3)nc3c(Cl)c(OC)ccc23)[C@H]2CC[C@H](C(C)(C)C)C(=O)N21)C(=O)NS(=O)(=O)C1(C)CC1.CC[C@@H]1C[C@]1(CC(=O)[C@@H]1C[C@@H](Oc2cc(-c3nc(C(C)C)cs3)nc3c(Cl)c(OC)ccc23)[C@H]2CN(C(=O)OC(C)(C)C)[C@H](C(C)C)C(=O)N21)C(=O)NS(=O)(=O)C1CC1. The summed E-state index contributed by atoms with van der Waals surface area (Å²) in [5.41, 5.74) is -0.112. The Kier molecular flexibility index (Phi) is 22.7. The van der Waals surface area contributed by atoms with E-state index in [2.05, 4.69) is 43.7 Å². The maximum absolute atomic E-state index is 14.8. The van der Waals surface area contributed by atoms with E-state index < -0.39 is 113 Å². The summed E-state index contributed by atoms with van der Waals surface area (Å²) in [6, 6.07) is 6.66. The molecule has 0 unspecified atom stereocenters. The number of sulfonamides is 2. The van der Waals surface area contributed by atoms with Crippen LogP contribution in [0.1, 0.15) is 203 Å². The lowest BCUT2D eigenvalue weighted by molar-refractivity contribution is -0.152. The van der Waals surface area contributed by atoms with E-state index in [1.54, 1.807) is 79.2 Å². The fourth-order valence-electron chi connectivity index (χ4n) is 16.8. The average molecular weight is 1670 g/mol. The minimum Gasteiger partial charge on any atom is -0.495 e. The molecule has 4 aliphatic heterocycles. The molecular weight excluding hydrogens is 1570 g/mol. The first-order valence-electron chi connectivity index (χ1n) is 39.1. The molecule has 5 amide bonds. The topological polar surface area (TPSA) is 319 Å². The van der Waals surface area contributed by atoms with E-state index in [1.807, 2.05) is 64.4 Å². The number of allylic oxidation sites excluding steroid dienone is 1. The zero-order chi connectivity index (χ0) is 82.0. The van der Waals surface area contributed by atoms with Crippen molar-refractivity contribution in [2.45, 2.75) is 250 Å². The van der Waals surface area contributed by atoms with E-state index in [1.165, 1.54) is 30.5 Å². The van der Waals surface area contributed by atoms with Crippen molar-refractivity contribution in [3.8, 4) is 45.1 Å². The number of ketones is 2. The van der Waals surface area contributed by atoms with Gasteiger partial charge in [-0.2, -0.15) is 0 Å². The second-order valence-electron chi connectivity index (χ2n) is 35.2. The summed E-state index contributed by atoms with van der Waals surface area (Å²) in [7, 11) is -4.72. The molecule has 2 N–H and O–H groups in total. The molecule has 6 aromatic rings. The number of pyridine rings is 2. The van der Waals surface area contributed by atoms with Crippen molar-refractivity contribution in [1.82, 2.24) is 44.1 Å². The Morgan fingerprint density at radius 1 is 0.681 bits per heavy atom. The molecule has 4 saturated heterocycles. The maximum Gasteiger partial charge on any atom is 0.411 e. The van der Waals surface area contributed by atoms with E-state index in [9.17, 15) is 50.4 Å². The van der Waals surface area contributed by atoms with Gasteiger partial charge in [-0.05, 0) is 132 Å². The van der Waals surface area contributed by atoms with Crippen molar-refractivity contribution in [2.75, 3.05) is 20.8 Å². The van der Waals surface area contributed by atoms with Gasteiger partial charge in [0.1, 0.15) is 73.3 Å². The number of hydrogen-bond acceptors (Lipinski definition) is 22. The Morgan fingerprint density at radius 2 is 1.24 bits per heavy atom. The van der Waals surface area contributed by atoms with Crippen LogP contribution in [0.5, 0.6) is 23.0 Å². The normalized spacial score (nSPS) is 26.5. The van der Waals surface area contributed by atoms with Gasteiger partial charge in [-0.25, -0.2) is 41.6 Å². The first-order chi connectivity index (χ1) is 53.0. The molecule has 25 nitrogen and oxygen atoms in total. The zero-order valence-corrected chi connectivity index (χ0v) is 71.7. The molecule has 31 heteroatoms. The van der Waals surface area contributed by atoms with Crippen LogP contribution in [-0.2, 0) is 53.6 Å². The Labute approximate surface area is 679 Å². The molecule has 14 rings (SSSR count). The number of halogens is 2. The van der Waals surface area contributed by atoms with Gasteiger partial charge >= 0.3 is 6.09 Å². The van der Waals surface area contributed by atoms with Crippen LogP contribution in [0.3, 0.4) is 0 Å². The lowest BCUT2D eigenvalue weighted by Crippen LogP contribution is -2.66. The molecule has 8 aliphatic rings. The number of carbonyl (C=O) groups is 7. The number of rotatable bonds is 25. The first-order valence-corrected chi connectivity index (χ1v) is 44.6. The van der Waals surface area contributed by atoms with Gasteiger partial charge in [0.15, 0.2) is 11.6 Å². The van der Waals surface area contributed by atoms with Gasteiger partial charge in [0.25, 0.3) is 0 Å². The molecule has 610 valence electrons. The second-order valence-corrected chi connectivity index (χ2v) is 41.9. The van der Waals surface area contributed by atoms with Crippen LogP contribution >= 0.6 is 45.9 Å². The molecule has 0 spiro atoms. The predicted octanol–water partition coefficient (Wildman–Crippen LogP) is 14.6. The third kappa shape index (κ3) is 16.0. The van der Waals surface area contributed by atoms with Gasteiger partial charge < -0.3 is 33.5 Å². The molecule has 0 bridgehead atoms. The number of piperidine rings is 1. The highest BCUT2D eigenvalue weighted by atomic mass is 35.5. The van der Waals surface area contributed by atoms with Crippen molar-refractivity contribution < 1.29 is 74.1 Å². The molecule has 2 aromatic carbocycles. The molecule has 12 atom stereocenters. The van der Waals surface area contributed by atoms with Crippen LogP contribution < -0.4 is 28.4 Å². The zero-order valence-electron chi connectivity index (χ0n) is 66.9. The monoisotopic (exact) mass is 1670 g/mol. The number of methoxy groups -OCH3 is 2. The van der Waals surface area contributed by atoms with Gasteiger partial charge in [0, 0.05) is 77.7 Å². The number of amides is 5. The Bertz CT molecular complexity index is 5070. The number of hydrogen-bond donors (Lipinski definition) is 2. The summed E-state index contributed by atoms with van der Waals surface area (Å²) in [5, 5.41) is 6.74. The fraction of sp³-hybridized carbons (Fsp3) is 0.598. The van der Waals surface area contributed by atoms with E-state index in [-0.39, 0.29) is 95.6 Å². The predicted molar refractivity (Wildman–Crippen MR) is 433 cm³/mol. The number of ether oxygens (including phenoxy) is 5. The summed E-state index contributed by atoms with van der Waals surface area (Å²) in [4.78, 5) is 124. The van der Waals surface area contributed by atoms with Crippen molar-refractivity contribution in [3.63, 3.8) is 0 Å². The number of fused-ring (bicyclic) bond motifs is 4. The van der Waals surface area contributed by atoms with Crippen molar-refractivity contribution in [2.24, 2.45) is 39.9 Å². The highest BCUT2D eigenvalue weighted by Crippen LogP contribution is 2.60. The lowest BCUT2D eigenvalue weighted by atomic mass is 9.74. The van der Waals surface area contributed by atoms with Crippen LogP contribution in [0, 0.1) is 39.9 Å². The summed E-state index contributed by atoms with van der Waals surface area (Å²) < 4.78 is 86.2. The minimum atomic E-state index is -3.92. The first kappa shape index (κ1) is 83.4. The average Bonchev–Trinajstić information content (AvgIpc) is 1.58. The highest BCUT2D eigenvalue weighted by Gasteiger charge is 2.66. The number of nitrogens with zero attached hydrogens (tertiary/aromatic N) is 7. The Hall–Kier alpha value is -7.57. The smallest absolute Gasteiger partial charge is 0.411 e. The molecule has 4 aliphatic carbocycles. The second kappa shape index (κ2) is 30.8. The number of Topliss-reactive ketones (excluding diaryl/α,β-unsaturated/α-hetero) is 2. The van der Waals surface area contributed by atoms with Crippen LogP contribution in [0.2, 0.25) is 10.0 Å². The quantitative estimate of drug-likeness (QED) is 0.0503. The van der Waals surface area contributed by atoms with E-state index >= 15 is 0 Å². The van der Waals surface area contributed by atoms with Crippen molar-refractivity contribution in [1.29, 1.82) is 0 Å². The molecule has 8 heterocycles. The minimum absolute atomic E-state index is 0.00940. The van der Waals surface area contributed by atoms with Crippen LogP contribution in [0.15, 0.2) is 59.8 Å². The van der Waals surface area contributed by atoms with Gasteiger partial charge in [0.05, 0.1) is 86.6 Å². The maximum atomic E-state index is 14.8. The van der Waals surface area contributed by atoms with Gasteiger partial charge in [-0.1, -0.05) is 105 Å². The third-order valence-corrected chi connectivity index (χ3v) is 30.8. The fourth-order valence-corrected chi connectivity index (χ4v) is 21.9. The highest BCUT2D eigenvalue weighted by molar-refractivity contribution is 7.91. The molecule has 8 fully saturated rings. The number of thiazole rings is 2. The van der Waals surface area contributed by atoms with E-state index in [4.69, 9.17) is 66.8 Å². The van der Waals surface area contributed by atoms with Crippen LogP contribution in [0.4, 0.5) is 4.79 Å². The van der Waals surface area contributed by atoms with Gasteiger partial charge in [-0.3, -0.25) is 43.1 Å². The summed E-state index contributed by atoms with van der Waals surface area (Å²) in [6.45, 7) is 30.7. The molecule has 4 saturated carbocycles. The van der Waals surface area contributed by atoms with Crippen molar-refractivity contribution in [3.05, 3.63) is 80.6 Å². The lowest BCUT2D eigenvalue weighted by Gasteiger charge is -2.46. The number of carbonyl (C=O) groups excluding carboxylic acids is 7. The number of piperazine rings is 1. The van der Waals surface area contributed by atoms with E-state index in [0.717, 1.165) is 10.7 Å². The van der Waals surface area contributed by atoms with Crippen LogP contribution in [0.25, 0.3) is 43.9 Å². The number of benzene rings is 2. The van der Waals surface area contributed by atoms with Gasteiger partial charge in [0.2, 0.25) is 43.7 Å².